The number of nitrogens with zero attached hydrogens (tertiary/aromatic N) is 4. The SMILES string of the molecule is COc1ncc(C)cc1NC(=O)c1nnn(-c2ccc(C)cc2)c1C. The van der Waals surface area contributed by atoms with Crippen molar-refractivity contribution in [2.24, 2.45) is 0 Å². The van der Waals surface area contributed by atoms with Crippen molar-refractivity contribution in [2.75, 3.05) is 12.4 Å². The van der Waals surface area contributed by atoms with Crippen LogP contribution in [0.3, 0.4) is 0 Å². The lowest BCUT2D eigenvalue weighted by Crippen LogP contribution is -2.15. The van der Waals surface area contributed by atoms with Crippen LogP contribution in [-0.2, 0) is 0 Å². The zero-order valence-corrected chi connectivity index (χ0v) is 14.6. The van der Waals surface area contributed by atoms with E-state index >= 15 is 0 Å². The van der Waals surface area contributed by atoms with Gasteiger partial charge in [-0.3, -0.25) is 4.79 Å². The van der Waals surface area contributed by atoms with Gasteiger partial charge >= 0.3 is 0 Å². The summed E-state index contributed by atoms with van der Waals surface area (Å²) in [6, 6.07) is 9.64. The van der Waals surface area contributed by atoms with Gasteiger partial charge in [-0.25, -0.2) is 9.67 Å². The van der Waals surface area contributed by atoms with E-state index < -0.39 is 0 Å². The minimum Gasteiger partial charge on any atom is -0.480 e. The van der Waals surface area contributed by atoms with Crippen molar-refractivity contribution >= 4 is 11.6 Å². The van der Waals surface area contributed by atoms with Gasteiger partial charge < -0.3 is 10.1 Å². The largest absolute Gasteiger partial charge is 0.480 e. The van der Waals surface area contributed by atoms with Gasteiger partial charge in [-0.2, -0.15) is 0 Å². The molecule has 1 aromatic carbocycles. The van der Waals surface area contributed by atoms with Crippen molar-refractivity contribution in [1.29, 1.82) is 0 Å². The number of pyridine rings is 1. The third kappa shape index (κ3) is 3.35. The maximum atomic E-state index is 12.6. The number of methoxy groups -OCH3 is 1. The Balaban J connectivity index is 1.89. The van der Waals surface area contributed by atoms with Crippen molar-refractivity contribution in [3.63, 3.8) is 0 Å². The summed E-state index contributed by atoms with van der Waals surface area (Å²) in [5.74, 6) is -0.0101. The number of nitrogens with one attached hydrogen (secondary N) is 1. The molecule has 0 atom stereocenters. The van der Waals surface area contributed by atoms with Crippen molar-refractivity contribution in [1.82, 2.24) is 20.0 Å². The molecule has 0 aliphatic rings. The summed E-state index contributed by atoms with van der Waals surface area (Å²) in [7, 11) is 1.51. The molecule has 0 saturated heterocycles. The number of carbonyl (C=O) groups is 1. The second kappa shape index (κ2) is 6.72. The number of amides is 1. The number of anilines is 1. The van der Waals surface area contributed by atoms with Gasteiger partial charge in [-0.05, 0) is 44.5 Å². The first kappa shape index (κ1) is 16.6. The van der Waals surface area contributed by atoms with Crippen LogP contribution in [-0.4, -0.2) is 33.0 Å². The first-order valence-corrected chi connectivity index (χ1v) is 7.81. The molecule has 3 aromatic rings. The van der Waals surface area contributed by atoms with Crippen LogP contribution >= 0.6 is 0 Å². The van der Waals surface area contributed by atoms with E-state index in [1.165, 1.54) is 7.11 Å². The van der Waals surface area contributed by atoms with Crippen molar-refractivity contribution in [2.45, 2.75) is 20.8 Å². The molecule has 0 aliphatic heterocycles. The smallest absolute Gasteiger partial charge is 0.278 e. The number of aryl methyl sites for hydroxylation is 2. The molecule has 0 fully saturated rings. The molecule has 0 unspecified atom stereocenters. The molecule has 1 amide bonds. The molecule has 3 rings (SSSR count). The van der Waals surface area contributed by atoms with Gasteiger partial charge in [-0.1, -0.05) is 22.9 Å². The van der Waals surface area contributed by atoms with Crippen LogP contribution in [0.2, 0.25) is 0 Å². The molecule has 25 heavy (non-hydrogen) atoms. The third-order valence-corrected chi connectivity index (χ3v) is 3.82. The Morgan fingerprint density at radius 3 is 2.52 bits per heavy atom. The number of aromatic nitrogens is 4. The Morgan fingerprint density at radius 2 is 1.84 bits per heavy atom. The molecule has 0 spiro atoms. The lowest BCUT2D eigenvalue weighted by molar-refractivity contribution is 0.102. The molecular formula is C18H19N5O2. The van der Waals surface area contributed by atoms with Crippen LogP contribution in [0.1, 0.15) is 27.3 Å². The van der Waals surface area contributed by atoms with Crippen LogP contribution in [0.5, 0.6) is 5.88 Å². The molecule has 0 radical (unpaired) electrons. The monoisotopic (exact) mass is 337 g/mol. The lowest BCUT2D eigenvalue weighted by Gasteiger charge is -2.09. The second-order valence-corrected chi connectivity index (χ2v) is 5.79. The van der Waals surface area contributed by atoms with Gasteiger partial charge in [0.1, 0.15) is 5.69 Å². The standard InChI is InChI=1S/C18H19N5O2/c1-11-5-7-14(8-6-11)23-13(3)16(21-22-23)17(24)20-15-9-12(2)10-19-18(15)25-4/h5-10H,1-4H3,(H,20,24). The Morgan fingerprint density at radius 1 is 1.12 bits per heavy atom. The molecular weight excluding hydrogens is 318 g/mol. The summed E-state index contributed by atoms with van der Waals surface area (Å²) in [5, 5.41) is 10.9. The number of ether oxygens (including phenoxy) is 1. The van der Waals surface area contributed by atoms with Gasteiger partial charge in [0.05, 0.1) is 18.5 Å². The van der Waals surface area contributed by atoms with Crippen molar-refractivity contribution in [3.8, 4) is 11.6 Å². The quantitative estimate of drug-likeness (QED) is 0.791. The van der Waals surface area contributed by atoms with E-state index in [1.54, 1.807) is 23.9 Å². The Kier molecular flexibility index (Phi) is 4.47. The van der Waals surface area contributed by atoms with Gasteiger partial charge in [0.25, 0.3) is 5.91 Å². The van der Waals surface area contributed by atoms with E-state index in [0.717, 1.165) is 16.8 Å². The summed E-state index contributed by atoms with van der Waals surface area (Å²) < 4.78 is 6.82. The highest BCUT2D eigenvalue weighted by molar-refractivity contribution is 6.04. The van der Waals surface area contributed by atoms with Crippen LogP contribution in [0.4, 0.5) is 5.69 Å². The zero-order valence-electron chi connectivity index (χ0n) is 14.6. The number of hydrogen-bond donors (Lipinski definition) is 1. The summed E-state index contributed by atoms with van der Waals surface area (Å²) >= 11 is 0. The van der Waals surface area contributed by atoms with Gasteiger partial charge in [0.15, 0.2) is 5.69 Å². The maximum absolute atomic E-state index is 12.6. The highest BCUT2D eigenvalue weighted by Gasteiger charge is 2.19. The summed E-state index contributed by atoms with van der Waals surface area (Å²) in [4.78, 5) is 16.8. The maximum Gasteiger partial charge on any atom is 0.278 e. The third-order valence-electron chi connectivity index (χ3n) is 3.82. The molecule has 0 bridgehead atoms. The van der Waals surface area contributed by atoms with Crippen LogP contribution in [0, 0.1) is 20.8 Å². The lowest BCUT2D eigenvalue weighted by atomic mass is 10.2. The molecule has 2 aromatic heterocycles. The molecule has 0 saturated carbocycles. The van der Waals surface area contributed by atoms with Crippen LogP contribution < -0.4 is 10.1 Å². The Labute approximate surface area is 145 Å². The minimum absolute atomic E-state index is 0.254. The molecule has 7 nitrogen and oxygen atoms in total. The average Bonchev–Trinajstić information content (AvgIpc) is 2.97. The normalized spacial score (nSPS) is 10.6. The van der Waals surface area contributed by atoms with E-state index in [4.69, 9.17) is 4.74 Å². The van der Waals surface area contributed by atoms with Gasteiger partial charge in [0.2, 0.25) is 5.88 Å². The minimum atomic E-state index is -0.360. The first-order chi connectivity index (χ1) is 12.0. The predicted octanol–water partition coefficient (Wildman–Crippen LogP) is 2.85. The van der Waals surface area contributed by atoms with E-state index in [1.807, 2.05) is 38.1 Å². The van der Waals surface area contributed by atoms with Gasteiger partial charge in [-0.15, -0.1) is 5.10 Å². The average molecular weight is 337 g/mol. The molecule has 7 heteroatoms. The fourth-order valence-electron chi connectivity index (χ4n) is 2.46. The number of hydrogen-bond acceptors (Lipinski definition) is 5. The fourth-order valence-corrected chi connectivity index (χ4v) is 2.46. The van der Waals surface area contributed by atoms with E-state index in [-0.39, 0.29) is 11.6 Å². The van der Waals surface area contributed by atoms with Crippen molar-refractivity contribution in [3.05, 3.63) is 59.0 Å². The molecule has 128 valence electrons. The molecule has 1 N–H and O–H groups in total. The van der Waals surface area contributed by atoms with Crippen LogP contribution in [0.15, 0.2) is 36.5 Å². The van der Waals surface area contributed by atoms with Crippen molar-refractivity contribution < 1.29 is 9.53 Å². The zero-order chi connectivity index (χ0) is 18.0. The Hall–Kier alpha value is -3.22. The van der Waals surface area contributed by atoms with E-state index in [9.17, 15) is 4.79 Å². The highest BCUT2D eigenvalue weighted by atomic mass is 16.5. The molecule has 2 heterocycles. The van der Waals surface area contributed by atoms with Gasteiger partial charge in [0, 0.05) is 6.20 Å². The Bertz CT molecular complexity index is 916. The molecule has 0 aliphatic carbocycles. The predicted molar refractivity (Wildman–Crippen MR) is 94.3 cm³/mol. The fraction of sp³-hybridized carbons (Fsp3) is 0.222. The number of benzene rings is 1. The van der Waals surface area contributed by atoms with E-state index in [0.29, 0.717) is 17.3 Å². The summed E-state index contributed by atoms with van der Waals surface area (Å²) in [6.07, 6.45) is 1.67. The highest BCUT2D eigenvalue weighted by Crippen LogP contribution is 2.23. The number of carbonyl (C=O) groups excluding carboxylic acids is 1. The first-order valence-electron chi connectivity index (χ1n) is 7.81. The number of rotatable bonds is 4. The van der Waals surface area contributed by atoms with Crippen LogP contribution in [0.25, 0.3) is 5.69 Å². The summed E-state index contributed by atoms with van der Waals surface area (Å²) in [6.45, 7) is 5.71. The summed E-state index contributed by atoms with van der Waals surface area (Å²) in [5.41, 5.74) is 4.32. The van der Waals surface area contributed by atoms with E-state index in [2.05, 4.69) is 20.6 Å². The topological polar surface area (TPSA) is 81.9 Å². The second-order valence-electron chi connectivity index (χ2n) is 5.79.